The number of carbonyl (C=O) groups excluding carboxylic acids is 1. The molecule has 0 spiro atoms. The molecule has 1 saturated heterocycles. The number of amides is 1. The highest BCUT2D eigenvalue weighted by atomic mass is 19.1. The van der Waals surface area contributed by atoms with E-state index in [0.29, 0.717) is 37.0 Å². The second-order valence-electron chi connectivity index (χ2n) is 6.79. The lowest BCUT2D eigenvalue weighted by Crippen LogP contribution is -2.46. The largest absolute Gasteiger partial charge is 0.341 e. The molecule has 23 heavy (non-hydrogen) atoms. The van der Waals surface area contributed by atoms with Gasteiger partial charge >= 0.3 is 0 Å². The van der Waals surface area contributed by atoms with Crippen molar-refractivity contribution in [3.05, 3.63) is 48.3 Å². The summed E-state index contributed by atoms with van der Waals surface area (Å²) in [6.45, 7) is 11.1. The van der Waals surface area contributed by atoms with Gasteiger partial charge in [0.1, 0.15) is 5.82 Å². The van der Waals surface area contributed by atoms with Crippen LogP contribution in [0.15, 0.2) is 36.9 Å². The fourth-order valence-electron chi connectivity index (χ4n) is 3.39. The Hall–Kier alpha value is -1.68. The van der Waals surface area contributed by atoms with E-state index in [0.717, 1.165) is 13.1 Å². The third kappa shape index (κ3) is 5.17. The Morgan fingerprint density at radius 3 is 2.61 bits per heavy atom. The molecular formula is C19H27FN2O. The van der Waals surface area contributed by atoms with Crippen LogP contribution in [0.2, 0.25) is 0 Å². The highest BCUT2D eigenvalue weighted by Gasteiger charge is 2.26. The standard InChI is InChI=1S/C19H27FN2O/c1-4-9-21(13-17-7-5-6-8-18(17)20)14-19(23)22-11-15(2)10-16(3)12-22/h4-8,15-16H,1,9-14H2,2-3H3. The van der Waals surface area contributed by atoms with Crippen molar-refractivity contribution >= 4 is 5.91 Å². The summed E-state index contributed by atoms with van der Waals surface area (Å²) in [5, 5.41) is 0. The molecule has 4 heteroatoms. The number of rotatable bonds is 6. The first-order chi connectivity index (χ1) is 11.0. The molecule has 1 fully saturated rings. The smallest absolute Gasteiger partial charge is 0.236 e. The van der Waals surface area contributed by atoms with Crippen LogP contribution in [0.4, 0.5) is 4.39 Å². The number of benzene rings is 1. The number of piperidine rings is 1. The molecule has 0 aliphatic carbocycles. The van der Waals surface area contributed by atoms with Crippen molar-refractivity contribution in [2.75, 3.05) is 26.2 Å². The zero-order valence-corrected chi connectivity index (χ0v) is 14.2. The van der Waals surface area contributed by atoms with Crippen LogP contribution in [0.3, 0.4) is 0 Å². The van der Waals surface area contributed by atoms with Gasteiger partial charge in [-0.3, -0.25) is 9.69 Å². The molecule has 1 aromatic rings. The Bertz CT molecular complexity index is 536. The van der Waals surface area contributed by atoms with Crippen molar-refractivity contribution in [2.24, 2.45) is 11.8 Å². The van der Waals surface area contributed by atoms with Crippen molar-refractivity contribution in [2.45, 2.75) is 26.8 Å². The van der Waals surface area contributed by atoms with Gasteiger partial charge < -0.3 is 4.90 Å². The first-order valence-corrected chi connectivity index (χ1v) is 8.34. The summed E-state index contributed by atoms with van der Waals surface area (Å²) in [5.41, 5.74) is 0.613. The van der Waals surface area contributed by atoms with Gasteiger partial charge in [-0.05, 0) is 24.3 Å². The molecule has 0 radical (unpaired) electrons. The van der Waals surface area contributed by atoms with Gasteiger partial charge in [0, 0.05) is 31.7 Å². The SMILES string of the molecule is C=CCN(CC(=O)N1CC(C)CC(C)C1)Cc1ccccc1F. The van der Waals surface area contributed by atoms with Crippen LogP contribution in [-0.4, -0.2) is 41.9 Å². The van der Waals surface area contributed by atoms with Gasteiger partial charge in [-0.1, -0.05) is 38.1 Å². The van der Waals surface area contributed by atoms with Crippen molar-refractivity contribution in [3.63, 3.8) is 0 Å². The van der Waals surface area contributed by atoms with E-state index in [4.69, 9.17) is 0 Å². The number of nitrogens with zero attached hydrogens (tertiary/aromatic N) is 2. The maximum Gasteiger partial charge on any atom is 0.236 e. The van der Waals surface area contributed by atoms with Crippen LogP contribution in [0, 0.1) is 17.7 Å². The number of carbonyl (C=O) groups is 1. The zero-order valence-electron chi connectivity index (χ0n) is 14.2. The Morgan fingerprint density at radius 1 is 1.35 bits per heavy atom. The fraction of sp³-hybridized carbons (Fsp3) is 0.526. The van der Waals surface area contributed by atoms with Crippen molar-refractivity contribution in [3.8, 4) is 0 Å². The average molecular weight is 318 g/mol. The van der Waals surface area contributed by atoms with Crippen LogP contribution in [0.5, 0.6) is 0 Å². The fourth-order valence-corrected chi connectivity index (χ4v) is 3.39. The molecule has 0 bridgehead atoms. The third-order valence-corrected chi connectivity index (χ3v) is 4.32. The minimum Gasteiger partial charge on any atom is -0.341 e. The first kappa shape index (κ1) is 17.7. The molecule has 3 nitrogen and oxygen atoms in total. The Balaban J connectivity index is 1.99. The lowest BCUT2D eigenvalue weighted by Gasteiger charge is -2.36. The van der Waals surface area contributed by atoms with Gasteiger partial charge in [0.25, 0.3) is 0 Å². The zero-order chi connectivity index (χ0) is 16.8. The predicted octanol–water partition coefficient (Wildman–Crippen LogP) is 3.32. The summed E-state index contributed by atoms with van der Waals surface area (Å²) < 4.78 is 13.8. The molecule has 0 saturated carbocycles. The van der Waals surface area contributed by atoms with Gasteiger partial charge in [-0.15, -0.1) is 6.58 Å². The summed E-state index contributed by atoms with van der Waals surface area (Å²) in [6, 6.07) is 6.72. The second-order valence-corrected chi connectivity index (χ2v) is 6.79. The van der Waals surface area contributed by atoms with Crippen molar-refractivity contribution < 1.29 is 9.18 Å². The summed E-state index contributed by atoms with van der Waals surface area (Å²) in [4.78, 5) is 16.5. The highest BCUT2D eigenvalue weighted by Crippen LogP contribution is 2.21. The van der Waals surface area contributed by atoms with E-state index in [1.54, 1.807) is 18.2 Å². The van der Waals surface area contributed by atoms with E-state index in [2.05, 4.69) is 20.4 Å². The van der Waals surface area contributed by atoms with Crippen LogP contribution >= 0.6 is 0 Å². The highest BCUT2D eigenvalue weighted by molar-refractivity contribution is 5.78. The van der Waals surface area contributed by atoms with Gasteiger partial charge in [0.2, 0.25) is 5.91 Å². The summed E-state index contributed by atoms with van der Waals surface area (Å²) >= 11 is 0. The number of hydrogen-bond acceptors (Lipinski definition) is 2. The molecule has 1 amide bonds. The van der Waals surface area contributed by atoms with Gasteiger partial charge in [-0.2, -0.15) is 0 Å². The molecule has 0 N–H and O–H groups in total. The molecular weight excluding hydrogens is 291 g/mol. The van der Waals surface area contributed by atoms with Crippen LogP contribution in [0.1, 0.15) is 25.8 Å². The minimum atomic E-state index is -0.228. The summed E-state index contributed by atoms with van der Waals surface area (Å²) in [5.74, 6) is 0.986. The molecule has 2 rings (SSSR count). The molecule has 1 aliphatic heterocycles. The lowest BCUT2D eigenvalue weighted by atomic mass is 9.92. The molecule has 126 valence electrons. The quantitative estimate of drug-likeness (QED) is 0.751. The normalized spacial score (nSPS) is 21.5. The lowest BCUT2D eigenvalue weighted by molar-refractivity contribution is -0.135. The second kappa shape index (κ2) is 8.25. The summed E-state index contributed by atoms with van der Waals surface area (Å²) in [6.07, 6.45) is 2.94. The Labute approximate surface area is 138 Å². The van der Waals surface area contributed by atoms with E-state index in [-0.39, 0.29) is 11.7 Å². The van der Waals surface area contributed by atoms with Crippen molar-refractivity contribution in [1.82, 2.24) is 9.80 Å². The molecule has 2 atom stereocenters. The van der Waals surface area contributed by atoms with E-state index >= 15 is 0 Å². The van der Waals surface area contributed by atoms with Crippen LogP contribution in [-0.2, 0) is 11.3 Å². The van der Waals surface area contributed by atoms with E-state index in [1.807, 2.05) is 15.9 Å². The third-order valence-electron chi connectivity index (χ3n) is 4.32. The average Bonchev–Trinajstić information content (AvgIpc) is 2.48. The van der Waals surface area contributed by atoms with Crippen LogP contribution < -0.4 is 0 Å². The first-order valence-electron chi connectivity index (χ1n) is 8.34. The molecule has 1 heterocycles. The maximum absolute atomic E-state index is 13.8. The topological polar surface area (TPSA) is 23.6 Å². The van der Waals surface area contributed by atoms with Crippen molar-refractivity contribution in [1.29, 1.82) is 0 Å². The van der Waals surface area contributed by atoms with E-state index in [9.17, 15) is 9.18 Å². The maximum atomic E-state index is 13.8. The molecule has 2 unspecified atom stereocenters. The predicted molar refractivity (Wildman–Crippen MR) is 91.4 cm³/mol. The molecule has 1 aromatic carbocycles. The number of likely N-dealkylation sites (tertiary alicyclic amines) is 1. The summed E-state index contributed by atoms with van der Waals surface area (Å²) in [7, 11) is 0. The Morgan fingerprint density at radius 2 is 2.00 bits per heavy atom. The molecule has 1 aliphatic rings. The van der Waals surface area contributed by atoms with E-state index in [1.165, 1.54) is 12.5 Å². The number of hydrogen-bond donors (Lipinski definition) is 0. The molecule has 0 aromatic heterocycles. The van der Waals surface area contributed by atoms with E-state index < -0.39 is 0 Å². The Kier molecular flexibility index (Phi) is 6.34. The van der Waals surface area contributed by atoms with Gasteiger partial charge in [0.15, 0.2) is 0 Å². The number of halogens is 1. The van der Waals surface area contributed by atoms with Gasteiger partial charge in [0.05, 0.1) is 6.54 Å². The van der Waals surface area contributed by atoms with Crippen LogP contribution in [0.25, 0.3) is 0 Å². The van der Waals surface area contributed by atoms with Gasteiger partial charge in [-0.25, -0.2) is 4.39 Å². The monoisotopic (exact) mass is 318 g/mol. The minimum absolute atomic E-state index is 0.126.